The first-order chi connectivity index (χ1) is 9.93. The van der Waals surface area contributed by atoms with Gasteiger partial charge >= 0.3 is 12.0 Å². The Kier molecular flexibility index (Phi) is 4.50. The Bertz CT molecular complexity index is 645. The molecule has 1 N–H and O–H groups in total. The van der Waals surface area contributed by atoms with E-state index in [-0.39, 0.29) is 23.7 Å². The number of nitrogens with zero attached hydrogens (tertiary/aromatic N) is 2. The predicted molar refractivity (Wildman–Crippen MR) is 77.6 cm³/mol. The quantitative estimate of drug-likeness (QED) is 0.861. The first-order valence-electron chi connectivity index (χ1n) is 5.84. The molecule has 0 aliphatic carbocycles. The third-order valence-corrected chi connectivity index (χ3v) is 3.49. The second-order valence-corrected chi connectivity index (χ2v) is 4.96. The van der Waals surface area contributed by atoms with Crippen LogP contribution in [-0.4, -0.2) is 41.0 Å². The van der Waals surface area contributed by atoms with E-state index in [1.165, 1.54) is 23.1 Å². The number of carboxylic acid groups (broad SMARTS) is 1. The summed E-state index contributed by atoms with van der Waals surface area (Å²) in [5, 5.41) is 9.10. The zero-order valence-electron chi connectivity index (χ0n) is 10.6. The molecule has 6 nitrogen and oxygen atoms in total. The number of hydrogen-bond donors (Lipinski definition) is 1. The first-order valence-corrected chi connectivity index (χ1v) is 6.65. The maximum atomic E-state index is 12.2. The Morgan fingerprint density at radius 3 is 2.71 bits per heavy atom. The molecule has 1 saturated heterocycles. The van der Waals surface area contributed by atoms with E-state index in [1.54, 1.807) is 6.07 Å². The van der Waals surface area contributed by atoms with E-state index < -0.39 is 17.9 Å². The number of benzene rings is 1. The molecule has 0 atom stereocenters. The van der Waals surface area contributed by atoms with Crippen LogP contribution in [0.2, 0.25) is 0 Å². The van der Waals surface area contributed by atoms with Crippen LogP contribution in [0.5, 0.6) is 0 Å². The van der Waals surface area contributed by atoms with Crippen LogP contribution in [0.3, 0.4) is 0 Å². The summed E-state index contributed by atoms with van der Waals surface area (Å²) in [5.41, 5.74) is 1.45. The molecule has 0 unspecified atom stereocenters. The van der Waals surface area contributed by atoms with Gasteiger partial charge in [-0.05, 0) is 18.2 Å². The van der Waals surface area contributed by atoms with Gasteiger partial charge < -0.3 is 5.11 Å². The van der Waals surface area contributed by atoms with E-state index >= 15 is 0 Å². The fourth-order valence-corrected chi connectivity index (χ4v) is 2.08. The molecule has 1 aliphatic heterocycles. The van der Waals surface area contributed by atoms with E-state index in [1.807, 2.05) is 0 Å². The first kappa shape index (κ1) is 15.3. The highest BCUT2D eigenvalue weighted by Gasteiger charge is 2.37. The molecule has 0 radical (unpaired) electrons. The van der Waals surface area contributed by atoms with Crippen molar-refractivity contribution in [2.24, 2.45) is 0 Å². The van der Waals surface area contributed by atoms with Crippen molar-refractivity contribution in [3.63, 3.8) is 0 Å². The number of urea groups is 1. The van der Waals surface area contributed by atoms with E-state index in [2.05, 4.69) is 0 Å². The summed E-state index contributed by atoms with van der Waals surface area (Å²) >= 11 is 11.1. The van der Waals surface area contributed by atoms with Gasteiger partial charge in [-0.3, -0.25) is 14.6 Å². The van der Waals surface area contributed by atoms with Gasteiger partial charge in [-0.25, -0.2) is 9.59 Å². The highest BCUT2D eigenvalue weighted by atomic mass is 35.5. The normalized spacial score (nSPS) is 15.8. The number of halogens is 2. The summed E-state index contributed by atoms with van der Waals surface area (Å²) in [7, 11) is 0. The van der Waals surface area contributed by atoms with Crippen LogP contribution in [0.25, 0.3) is 0 Å². The monoisotopic (exact) mass is 328 g/mol. The summed E-state index contributed by atoms with van der Waals surface area (Å²) in [6, 6.07) is 5.22. The van der Waals surface area contributed by atoms with Crippen LogP contribution in [0.1, 0.15) is 10.4 Å². The number of anilines is 1. The van der Waals surface area contributed by atoms with Gasteiger partial charge in [-0.2, -0.15) is 0 Å². The molecule has 8 heteroatoms. The van der Waals surface area contributed by atoms with E-state index in [9.17, 15) is 14.4 Å². The number of carbonyl (C=O) groups excluding carboxylic acids is 2. The number of hydrogen-bond acceptors (Lipinski definition) is 3. The van der Waals surface area contributed by atoms with E-state index in [0.717, 1.165) is 10.4 Å². The molecule has 1 aromatic rings. The van der Waals surface area contributed by atoms with Gasteiger partial charge in [0.2, 0.25) is 0 Å². The molecule has 0 bridgehead atoms. The summed E-state index contributed by atoms with van der Waals surface area (Å²) in [6.07, 6.45) is 0. The molecule has 0 spiro atoms. The molecule has 1 aliphatic rings. The number of imide groups is 1. The van der Waals surface area contributed by atoms with Gasteiger partial charge in [0.05, 0.1) is 12.1 Å². The third kappa shape index (κ3) is 3.17. The smallest absolute Gasteiger partial charge is 0.335 e. The lowest BCUT2D eigenvalue weighted by Gasteiger charge is -2.17. The van der Waals surface area contributed by atoms with E-state index in [4.69, 9.17) is 28.3 Å². The lowest BCUT2D eigenvalue weighted by atomic mass is 10.2. The molecule has 3 amide bonds. The van der Waals surface area contributed by atoms with Gasteiger partial charge in [-0.15, -0.1) is 0 Å². The maximum absolute atomic E-state index is 12.2. The molecule has 1 heterocycles. The van der Waals surface area contributed by atoms with Crippen molar-refractivity contribution in [2.45, 2.75) is 0 Å². The second-order valence-electron chi connectivity index (χ2n) is 4.26. The molecule has 0 aromatic heterocycles. The SMILES string of the molecule is O=C(O)c1cccc(N2CC(=O)N(C/C(Cl)=C/Cl)C2=O)c1. The summed E-state index contributed by atoms with van der Waals surface area (Å²) < 4.78 is 0. The van der Waals surface area contributed by atoms with Crippen LogP contribution in [0.4, 0.5) is 10.5 Å². The maximum Gasteiger partial charge on any atom is 0.335 e. The minimum atomic E-state index is -1.11. The molecule has 2 rings (SSSR count). The van der Waals surface area contributed by atoms with Gasteiger partial charge in [0.25, 0.3) is 5.91 Å². The standard InChI is InChI=1S/C13H10Cl2N2O4/c14-5-9(15)6-17-11(18)7-16(13(17)21)10-3-1-2-8(4-10)12(19)20/h1-5H,6-7H2,(H,19,20)/b9-5-. The average Bonchev–Trinajstić information content (AvgIpc) is 2.75. The second kappa shape index (κ2) is 6.15. The van der Waals surface area contributed by atoms with E-state index in [0.29, 0.717) is 5.69 Å². The molecular formula is C13H10Cl2N2O4. The van der Waals surface area contributed by atoms with Crippen molar-refractivity contribution in [1.82, 2.24) is 4.90 Å². The number of carboxylic acids is 1. The van der Waals surface area contributed by atoms with Gasteiger partial charge in [0.1, 0.15) is 6.54 Å². The fraction of sp³-hybridized carbons (Fsp3) is 0.154. The summed E-state index contributed by atoms with van der Waals surface area (Å²) in [4.78, 5) is 37.1. The number of amides is 3. The Morgan fingerprint density at radius 2 is 2.10 bits per heavy atom. The molecule has 0 saturated carbocycles. The summed E-state index contributed by atoms with van der Waals surface area (Å²) in [6.45, 7) is -0.286. The minimum Gasteiger partial charge on any atom is -0.478 e. The Balaban J connectivity index is 2.26. The number of rotatable bonds is 4. The molecular weight excluding hydrogens is 319 g/mol. The van der Waals surface area contributed by atoms with Crippen LogP contribution < -0.4 is 4.90 Å². The Hall–Kier alpha value is -2.05. The number of aromatic carboxylic acids is 1. The van der Waals surface area contributed by atoms with Crippen molar-refractivity contribution in [2.75, 3.05) is 18.0 Å². The zero-order valence-corrected chi connectivity index (χ0v) is 12.1. The van der Waals surface area contributed by atoms with Crippen molar-refractivity contribution in [1.29, 1.82) is 0 Å². The topological polar surface area (TPSA) is 77.9 Å². The molecule has 1 aromatic carbocycles. The third-order valence-electron chi connectivity index (χ3n) is 2.89. The Labute approximate surface area is 130 Å². The highest BCUT2D eigenvalue weighted by Crippen LogP contribution is 2.23. The van der Waals surface area contributed by atoms with Crippen molar-refractivity contribution >= 4 is 46.8 Å². The summed E-state index contributed by atoms with van der Waals surface area (Å²) in [5.74, 6) is -1.54. The largest absolute Gasteiger partial charge is 0.478 e. The minimum absolute atomic E-state index is 0.0323. The molecule has 21 heavy (non-hydrogen) atoms. The lowest BCUT2D eigenvalue weighted by Crippen LogP contribution is -2.34. The van der Waals surface area contributed by atoms with Gasteiger partial charge in [-0.1, -0.05) is 29.3 Å². The Morgan fingerprint density at radius 1 is 1.38 bits per heavy atom. The fourth-order valence-electron chi connectivity index (χ4n) is 1.89. The van der Waals surface area contributed by atoms with Crippen molar-refractivity contribution in [3.05, 3.63) is 40.4 Å². The molecule has 110 valence electrons. The number of carbonyl (C=O) groups is 3. The lowest BCUT2D eigenvalue weighted by molar-refractivity contribution is -0.124. The average molecular weight is 329 g/mol. The van der Waals surface area contributed by atoms with Crippen LogP contribution in [-0.2, 0) is 4.79 Å². The van der Waals surface area contributed by atoms with Crippen LogP contribution >= 0.6 is 23.2 Å². The predicted octanol–water partition coefficient (Wildman–Crippen LogP) is 2.47. The van der Waals surface area contributed by atoms with Crippen LogP contribution in [0.15, 0.2) is 34.8 Å². The van der Waals surface area contributed by atoms with Gasteiger partial charge in [0.15, 0.2) is 0 Å². The molecule has 1 fully saturated rings. The van der Waals surface area contributed by atoms with Crippen molar-refractivity contribution < 1.29 is 19.5 Å². The zero-order chi connectivity index (χ0) is 15.6. The van der Waals surface area contributed by atoms with Crippen molar-refractivity contribution in [3.8, 4) is 0 Å². The highest BCUT2D eigenvalue weighted by molar-refractivity contribution is 6.37. The van der Waals surface area contributed by atoms with Gasteiger partial charge in [0, 0.05) is 16.3 Å². The van der Waals surface area contributed by atoms with Crippen LogP contribution in [0, 0.1) is 0 Å².